The molecular weight excluding hydrogens is 222 g/mol. The van der Waals surface area contributed by atoms with E-state index in [2.05, 4.69) is 20.6 Å². The number of carboxylic acids is 1. The molecule has 1 aromatic heterocycles. The third-order valence-electron chi connectivity index (χ3n) is 3.02. The van der Waals surface area contributed by atoms with Crippen molar-refractivity contribution in [2.75, 3.05) is 0 Å². The van der Waals surface area contributed by atoms with Gasteiger partial charge in [-0.05, 0) is 12.8 Å². The normalized spacial score (nSPS) is 22.9. The van der Waals surface area contributed by atoms with Crippen molar-refractivity contribution in [3.05, 3.63) is 5.82 Å². The van der Waals surface area contributed by atoms with E-state index in [0.29, 0.717) is 0 Å². The van der Waals surface area contributed by atoms with Crippen LogP contribution in [-0.2, 0) is 10.2 Å². The first-order valence-corrected chi connectivity index (χ1v) is 4.81. The lowest BCUT2D eigenvalue weighted by molar-refractivity contribution is -0.149. The van der Waals surface area contributed by atoms with Crippen molar-refractivity contribution in [3.63, 3.8) is 0 Å². The lowest BCUT2D eigenvalue weighted by Gasteiger charge is -2.34. The topological polar surface area (TPSA) is 91.8 Å². The zero-order valence-corrected chi connectivity index (χ0v) is 8.28. The number of nitrogens with one attached hydrogen (secondary N) is 1. The quantitative estimate of drug-likeness (QED) is 0.784. The highest BCUT2D eigenvalue weighted by molar-refractivity contribution is 5.80. The van der Waals surface area contributed by atoms with Gasteiger partial charge in [0, 0.05) is 12.8 Å². The zero-order chi connectivity index (χ0) is 11.8. The molecule has 2 rings (SSSR count). The Morgan fingerprint density at radius 3 is 2.38 bits per heavy atom. The molecule has 6 nitrogen and oxygen atoms in total. The van der Waals surface area contributed by atoms with Crippen LogP contribution < -0.4 is 0 Å². The van der Waals surface area contributed by atoms with Gasteiger partial charge in [0.15, 0.2) is 5.82 Å². The first-order valence-electron chi connectivity index (χ1n) is 4.81. The van der Waals surface area contributed by atoms with Gasteiger partial charge < -0.3 is 5.11 Å². The van der Waals surface area contributed by atoms with Crippen LogP contribution in [0.15, 0.2) is 0 Å². The molecule has 0 spiro atoms. The van der Waals surface area contributed by atoms with E-state index < -0.39 is 30.1 Å². The summed E-state index contributed by atoms with van der Waals surface area (Å²) >= 11 is 0. The Hall–Kier alpha value is -1.60. The summed E-state index contributed by atoms with van der Waals surface area (Å²) in [4.78, 5) is 11.2. The highest BCUT2D eigenvalue weighted by Gasteiger charge is 2.51. The summed E-state index contributed by atoms with van der Waals surface area (Å²) in [5, 5.41) is 21.8. The number of H-pyrrole nitrogens is 1. The van der Waals surface area contributed by atoms with Crippen LogP contribution in [0.5, 0.6) is 0 Å². The number of rotatable bonds is 2. The average Bonchev–Trinajstić information content (AvgIpc) is 2.71. The molecule has 0 unspecified atom stereocenters. The van der Waals surface area contributed by atoms with Crippen molar-refractivity contribution in [3.8, 4) is 0 Å². The Bertz CT molecular complexity index is 383. The Morgan fingerprint density at radius 1 is 1.31 bits per heavy atom. The fourth-order valence-electron chi connectivity index (χ4n) is 1.94. The molecule has 0 bridgehead atoms. The van der Waals surface area contributed by atoms with Gasteiger partial charge in [-0.15, -0.1) is 10.2 Å². The number of aliphatic carboxylic acids is 1. The Balaban J connectivity index is 2.30. The number of tetrazole rings is 1. The van der Waals surface area contributed by atoms with Gasteiger partial charge in [-0.1, -0.05) is 5.21 Å². The molecule has 88 valence electrons. The number of carboxylic acid groups (broad SMARTS) is 1. The predicted molar refractivity (Wildman–Crippen MR) is 46.9 cm³/mol. The molecule has 1 saturated carbocycles. The lowest BCUT2D eigenvalue weighted by Crippen LogP contribution is -2.43. The first kappa shape index (κ1) is 10.9. The standard InChI is InChI=1S/C8H10F2N4O2/c9-8(10)3-1-7(2-4-8,6(15)16)5-11-13-14-12-5/h1-4H2,(H,15,16)(H,11,12,13,14). The Labute approximate surface area is 89.0 Å². The van der Waals surface area contributed by atoms with Gasteiger partial charge >= 0.3 is 5.97 Å². The minimum atomic E-state index is -2.79. The Morgan fingerprint density at radius 2 is 1.94 bits per heavy atom. The monoisotopic (exact) mass is 232 g/mol. The molecule has 0 saturated heterocycles. The van der Waals surface area contributed by atoms with Crippen LogP contribution >= 0.6 is 0 Å². The molecule has 2 N–H and O–H groups in total. The third-order valence-corrected chi connectivity index (χ3v) is 3.02. The van der Waals surface area contributed by atoms with Crippen molar-refractivity contribution in [1.82, 2.24) is 20.6 Å². The second-order valence-electron chi connectivity index (χ2n) is 3.98. The molecule has 1 heterocycles. The fourth-order valence-corrected chi connectivity index (χ4v) is 1.94. The predicted octanol–water partition coefficient (Wildman–Crippen LogP) is 0.731. The van der Waals surface area contributed by atoms with E-state index in [9.17, 15) is 13.6 Å². The van der Waals surface area contributed by atoms with Gasteiger partial charge in [0.05, 0.1) is 0 Å². The van der Waals surface area contributed by atoms with E-state index in [1.165, 1.54) is 0 Å². The van der Waals surface area contributed by atoms with Crippen LogP contribution in [0.3, 0.4) is 0 Å². The van der Waals surface area contributed by atoms with Crippen LogP contribution in [0, 0.1) is 0 Å². The maximum atomic E-state index is 13.0. The van der Waals surface area contributed by atoms with Crippen LogP contribution in [0.25, 0.3) is 0 Å². The third kappa shape index (κ3) is 1.63. The Kier molecular flexibility index (Phi) is 2.36. The zero-order valence-electron chi connectivity index (χ0n) is 8.28. The summed E-state index contributed by atoms with van der Waals surface area (Å²) in [7, 11) is 0. The largest absolute Gasteiger partial charge is 0.480 e. The maximum absolute atomic E-state index is 13.0. The smallest absolute Gasteiger partial charge is 0.317 e. The lowest BCUT2D eigenvalue weighted by atomic mass is 9.72. The van der Waals surface area contributed by atoms with Crippen molar-refractivity contribution in [2.45, 2.75) is 37.0 Å². The van der Waals surface area contributed by atoms with Gasteiger partial charge in [0.1, 0.15) is 5.41 Å². The highest BCUT2D eigenvalue weighted by atomic mass is 19.3. The molecule has 0 aromatic carbocycles. The first-order chi connectivity index (χ1) is 7.46. The number of carbonyl (C=O) groups is 1. The number of aromatic nitrogens is 4. The van der Waals surface area contributed by atoms with Crippen molar-refractivity contribution < 1.29 is 18.7 Å². The van der Waals surface area contributed by atoms with E-state index in [1.807, 2.05) is 0 Å². The average molecular weight is 232 g/mol. The fraction of sp³-hybridized carbons (Fsp3) is 0.750. The van der Waals surface area contributed by atoms with Crippen LogP contribution in [0.1, 0.15) is 31.5 Å². The van der Waals surface area contributed by atoms with Crippen LogP contribution in [0.4, 0.5) is 8.78 Å². The summed E-state index contributed by atoms with van der Waals surface area (Å²) in [6.45, 7) is 0. The minimum Gasteiger partial charge on any atom is -0.480 e. The van der Waals surface area contributed by atoms with Crippen molar-refractivity contribution in [1.29, 1.82) is 0 Å². The number of halogens is 2. The number of aromatic amines is 1. The minimum absolute atomic E-state index is 0.0181. The van der Waals surface area contributed by atoms with E-state index in [0.717, 1.165) is 0 Å². The SMILES string of the molecule is O=C(O)C1(c2nn[nH]n2)CCC(F)(F)CC1. The molecule has 1 fully saturated rings. The summed E-state index contributed by atoms with van der Waals surface area (Å²) in [5.41, 5.74) is -1.42. The van der Waals surface area contributed by atoms with Gasteiger partial charge in [-0.25, -0.2) is 8.78 Å². The second kappa shape index (κ2) is 3.46. The molecule has 1 aromatic rings. The van der Waals surface area contributed by atoms with Gasteiger partial charge in [-0.2, -0.15) is 5.21 Å². The highest BCUT2D eigenvalue weighted by Crippen LogP contribution is 2.44. The van der Waals surface area contributed by atoms with Crippen molar-refractivity contribution in [2.24, 2.45) is 0 Å². The number of hydrogen-bond acceptors (Lipinski definition) is 4. The molecule has 0 radical (unpaired) electrons. The molecule has 0 atom stereocenters. The van der Waals surface area contributed by atoms with E-state index in [-0.39, 0.29) is 18.7 Å². The van der Waals surface area contributed by atoms with Gasteiger partial charge in [-0.3, -0.25) is 4.79 Å². The molecule has 1 aliphatic rings. The van der Waals surface area contributed by atoms with Crippen LogP contribution in [-0.4, -0.2) is 37.6 Å². The van der Waals surface area contributed by atoms with Crippen LogP contribution in [0.2, 0.25) is 0 Å². The van der Waals surface area contributed by atoms with Gasteiger partial charge in [0.25, 0.3) is 0 Å². The summed E-state index contributed by atoms with van der Waals surface area (Å²) in [6.07, 6.45) is -1.27. The van der Waals surface area contributed by atoms with Crippen molar-refractivity contribution >= 4 is 5.97 Å². The summed E-state index contributed by atoms with van der Waals surface area (Å²) < 4.78 is 26.0. The van der Waals surface area contributed by atoms with E-state index in [1.54, 1.807) is 0 Å². The summed E-state index contributed by atoms with van der Waals surface area (Å²) in [5.74, 6) is -3.98. The van der Waals surface area contributed by atoms with E-state index >= 15 is 0 Å². The molecular formula is C8H10F2N4O2. The molecule has 1 aliphatic carbocycles. The molecule has 8 heteroatoms. The molecule has 0 amide bonds. The second-order valence-corrected chi connectivity index (χ2v) is 3.98. The van der Waals surface area contributed by atoms with E-state index in [4.69, 9.17) is 5.11 Å². The number of nitrogens with zero attached hydrogens (tertiary/aromatic N) is 3. The number of alkyl halides is 2. The number of hydrogen-bond donors (Lipinski definition) is 2. The van der Waals surface area contributed by atoms with Gasteiger partial charge in [0.2, 0.25) is 5.92 Å². The summed E-state index contributed by atoms with van der Waals surface area (Å²) in [6, 6.07) is 0. The maximum Gasteiger partial charge on any atom is 0.317 e. The molecule has 16 heavy (non-hydrogen) atoms. The molecule has 0 aliphatic heterocycles.